The number of hydrogen-bond acceptors (Lipinski definition) is 1. The van der Waals surface area contributed by atoms with Gasteiger partial charge in [-0.2, -0.15) is 0 Å². The molecule has 0 amide bonds. The highest BCUT2D eigenvalue weighted by molar-refractivity contribution is 5.20. The van der Waals surface area contributed by atoms with Crippen LogP contribution in [0.25, 0.3) is 0 Å². The summed E-state index contributed by atoms with van der Waals surface area (Å²) in [4.78, 5) is 0. The van der Waals surface area contributed by atoms with Crippen molar-refractivity contribution in [3.05, 3.63) is 35.9 Å². The maximum absolute atomic E-state index is 3.89. The topological polar surface area (TPSA) is 12.0 Å². The normalized spacial score (nSPS) is 29.6. The first kappa shape index (κ1) is 12.2. The molecule has 0 radical (unpaired) electrons. The highest BCUT2D eigenvalue weighted by Crippen LogP contribution is 2.33. The van der Waals surface area contributed by atoms with E-state index in [0.29, 0.717) is 0 Å². The second kappa shape index (κ2) is 5.88. The number of hydrogen-bond donors (Lipinski definition) is 1. The Hall–Kier alpha value is -0.820. The van der Waals surface area contributed by atoms with Crippen molar-refractivity contribution < 1.29 is 0 Å². The van der Waals surface area contributed by atoms with Crippen LogP contribution in [0.4, 0.5) is 0 Å². The van der Waals surface area contributed by atoms with Crippen molar-refractivity contribution in [3.63, 3.8) is 0 Å². The Morgan fingerprint density at radius 2 is 1.33 bits per heavy atom. The van der Waals surface area contributed by atoms with E-state index in [9.17, 15) is 0 Å². The van der Waals surface area contributed by atoms with Crippen LogP contribution < -0.4 is 5.32 Å². The summed E-state index contributed by atoms with van der Waals surface area (Å²) in [6, 6.07) is 12.7. The Balaban J connectivity index is 1.49. The molecule has 2 aliphatic carbocycles. The fourth-order valence-corrected chi connectivity index (χ4v) is 3.74. The average molecular weight is 243 g/mol. The van der Waals surface area contributed by atoms with Crippen LogP contribution in [0, 0.1) is 0 Å². The molecule has 0 spiro atoms. The van der Waals surface area contributed by atoms with E-state index in [4.69, 9.17) is 0 Å². The van der Waals surface area contributed by atoms with Gasteiger partial charge in [0.25, 0.3) is 0 Å². The van der Waals surface area contributed by atoms with Crippen molar-refractivity contribution in [1.29, 1.82) is 0 Å². The van der Waals surface area contributed by atoms with Crippen molar-refractivity contribution in [3.8, 4) is 0 Å². The summed E-state index contributed by atoms with van der Waals surface area (Å²) in [7, 11) is 0. The summed E-state index contributed by atoms with van der Waals surface area (Å²) in [5.41, 5.74) is 1.55. The van der Waals surface area contributed by atoms with E-state index in [1.165, 1.54) is 51.4 Å². The lowest BCUT2D eigenvalue weighted by Crippen LogP contribution is -2.38. The molecule has 1 heteroatoms. The van der Waals surface area contributed by atoms with Gasteiger partial charge in [0.15, 0.2) is 0 Å². The van der Waals surface area contributed by atoms with E-state index >= 15 is 0 Å². The number of nitrogens with one attached hydrogen (secondary N) is 1. The molecule has 0 unspecified atom stereocenters. The van der Waals surface area contributed by atoms with Crippen LogP contribution in [0.1, 0.15) is 62.8 Å². The predicted octanol–water partition coefficient (Wildman–Crippen LogP) is 4.25. The van der Waals surface area contributed by atoms with Crippen LogP contribution >= 0.6 is 0 Å². The highest BCUT2D eigenvalue weighted by atomic mass is 15.0. The Kier molecular flexibility index (Phi) is 3.99. The van der Waals surface area contributed by atoms with Crippen LogP contribution in [0.2, 0.25) is 0 Å². The molecule has 0 heterocycles. The maximum Gasteiger partial charge on any atom is 0.00700 e. The summed E-state index contributed by atoms with van der Waals surface area (Å²) in [5, 5.41) is 3.89. The zero-order valence-corrected chi connectivity index (χ0v) is 11.3. The molecule has 98 valence electrons. The van der Waals surface area contributed by atoms with Gasteiger partial charge in [-0.15, -0.1) is 0 Å². The van der Waals surface area contributed by atoms with Gasteiger partial charge in [-0.25, -0.2) is 0 Å². The lowest BCUT2D eigenvalue weighted by atomic mass is 9.81. The van der Waals surface area contributed by atoms with E-state index in [-0.39, 0.29) is 0 Å². The number of benzene rings is 1. The minimum atomic E-state index is 0.799. The van der Waals surface area contributed by atoms with Crippen LogP contribution in [-0.2, 0) is 0 Å². The quantitative estimate of drug-likeness (QED) is 0.837. The van der Waals surface area contributed by atoms with Crippen LogP contribution in [0.15, 0.2) is 30.3 Å². The smallest absolute Gasteiger partial charge is 0.00700 e. The van der Waals surface area contributed by atoms with Gasteiger partial charge >= 0.3 is 0 Å². The van der Waals surface area contributed by atoms with Gasteiger partial charge in [-0.05, 0) is 50.0 Å². The Morgan fingerprint density at radius 3 is 2.00 bits per heavy atom. The Morgan fingerprint density at radius 1 is 0.722 bits per heavy atom. The average Bonchev–Trinajstić information content (AvgIpc) is 2.94. The monoisotopic (exact) mass is 243 g/mol. The van der Waals surface area contributed by atoms with E-state index in [1.807, 2.05) is 0 Å². The summed E-state index contributed by atoms with van der Waals surface area (Å²) in [6.07, 6.45) is 11.2. The maximum atomic E-state index is 3.89. The molecule has 2 saturated carbocycles. The van der Waals surface area contributed by atoms with Crippen LogP contribution in [0.3, 0.4) is 0 Å². The van der Waals surface area contributed by atoms with E-state index in [1.54, 1.807) is 5.56 Å². The largest absolute Gasteiger partial charge is 0.311 e. The molecule has 18 heavy (non-hydrogen) atoms. The van der Waals surface area contributed by atoms with Crippen molar-refractivity contribution in [2.24, 2.45) is 0 Å². The van der Waals surface area contributed by atoms with Crippen molar-refractivity contribution in [2.75, 3.05) is 0 Å². The molecule has 1 N–H and O–H groups in total. The van der Waals surface area contributed by atoms with Gasteiger partial charge in [-0.3, -0.25) is 0 Å². The van der Waals surface area contributed by atoms with Gasteiger partial charge in [0.05, 0.1) is 0 Å². The minimum absolute atomic E-state index is 0.799. The van der Waals surface area contributed by atoms with Crippen molar-refractivity contribution in [1.82, 2.24) is 5.32 Å². The first-order valence-corrected chi connectivity index (χ1v) is 7.73. The summed E-state index contributed by atoms with van der Waals surface area (Å²) >= 11 is 0. The molecule has 1 nitrogen and oxygen atoms in total. The number of rotatable bonds is 3. The van der Waals surface area contributed by atoms with Crippen molar-refractivity contribution in [2.45, 2.75) is 69.4 Å². The Labute approximate surface area is 111 Å². The SMILES string of the molecule is c1ccc(C2CCC(NC3CCCC3)CC2)cc1. The molecule has 2 aliphatic rings. The fraction of sp³-hybridized carbons (Fsp3) is 0.647. The predicted molar refractivity (Wildman–Crippen MR) is 76.8 cm³/mol. The third-order valence-electron chi connectivity index (χ3n) is 4.82. The van der Waals surface area contributed by atoms with E-state index in [2.05, 4.69) is 35.6 Å². The molecule has 0 bridgehead atoms. The minimum Gasteiger partial charge on any atom is -0.311 e. The first-order valence-electron chi connectivity index (χ1n) is 7.73. The van der Waals surface area contributed by atoms with Crippen molar-refractivity contribution >= 4 is 0 Å². The van der Waals surface area contributed by atoms with E-state index < -0.39 is 0 Å². The Bertz CT molecular complexity index is 345. The molecule has 3 rings (SSSR count). The van der Waals surface area contributed by atoms with Gasteiger partial charge in [0.1, 0.15) is 0 Å². The van der Waals surface area contributed by atoms with Gasteiger partial charge < -0.3 is 5.32 Å². The summed E-state index contributed by atoms with van der Waals surface area (Å²) in [5.74, 6) is 0.813. The van der Waals surface area contributed by atoms with Crippen LogP contribution in [0.5, 0.6) is 0 Å². The molecule has 0 aliphatic heterocycles. The molecule has 0 saturated heterocycles. The van der Waals surface area contributed by atoms with Crippen LogP contribution in [-0.4, -0.2) is 12.1 Å². The molecular formula is C17H25N. The highest BCUT2D eigenvalue weighted by Gasteiger charge is 2.25. The second-order valence-corrected chi connectivity index (χ2v) is 6.11. The van der Waals surface area contributed by atoms with Gasteiger partial charge in [0, 0.05) is 12.1 Å². The zero-order valence-electron chi connectivity index (χ0n) is 11.3. The van der Waals surface area contributed by atoms with Gasteiger partial charge in [0.2, 0.25) is 0 Å². The molecule has 0 atom stereocenters. The van der Waals surface area contributed by atoms with Gasteiger partial charge in [-0.1, -0.05) is 43.2 Å². The third kappa shape index (κ3) is 2.95. The lowest BCUT2D eigenvalue weighted by Gasteiger charge is -2.31. The first-order chi connectivity index (χ1) is 8.92. The molecular weight excluding hydrogens is 218 g/mol. The molecule has 2 fully saturated rings. The molecule has 1 aromatic rings. The standard InChI is InChI=1S/C17H25N/c1-2-6-14(7-3-1)15-10-12-17(13-11-15)18-16-8-4-5-9-16/h1-3,6-7,15-18H,4-5,8-13H2. The second-order valence-electron chi connectivity index (χ2n) is 6.11. The third-order valence-corrected chi connectivity index (χ3v) is 4.82. The fourth-order valence-electron chi connectivity index (χ4n) is 3.74. The lowest BCUT2D eigenvalue weighted by molar-refractivity contribution is 0.314. The summed E-state index contributed by atoms with van der Waals surface area (Å²) in [6.45, 7) is 0. The molecule has 1 aromatic carbocycles. The molecule has 0 aromatic heterocycles. The van der Waals surface area contributed by atoms with E-state index in [0.717, 1.165) is 18.0 Å². The summed E-state index contributed by atoms with van der Waals surface area (Å²) < 4.78 is 0. The zero-order chi connectivity index (χ0) is 12.2.